The Morgan fingerprint density at radius 1 is 1.08 bits per heavy atom. The quantitative estimate of drug-likeness (QED) is 0.919. The van der Waals surface area contributed by atoms with Gasteiger partial charge in [0, 0.05) is 44.6 Å². The Hall–Kier alpha value is -2.83. The van der Waals surface area contributed by atoms with E-state index in [1.807, 2.05) is 6.07 Å². The molecule has 1 aliphatic carbocycles. The summed E-state index contributed by atoms with van der Waals surface area (Å²) in [5, 5.41) is 3.36. The normalized spacial score (nSPS) is 17.4. The molecule has 2 aliphatic rings. The maximum atomic E-state index is 12.7. The van der Waals surface area contributed by atoms with E-state index in [1.165, 1.54) is 19.1 Å². The van der Waals surface area contributed by atoms with Gasteiger partial charge in [-0.25, -0.2) is 0 Å². The van der Waals surface area contributed by atoms with Crippen LogP contribution < -0.4 is 5.32 Å². The summed E-state index contributed by atoms with van der Waals surface area (Å²) in [7, 11) is 0. The molecule has 2 amide bonds. The highest BCUT2D eigenvalue weighted by Crippen LogP contribution is 2.24. The number of nitrogens with one attached hydrogen (secondary N) is 1. The van der Waals surface area contributed by atoms with Gasteiger partial charge in [-0.1, -0.05) is 0 Å². The topological polar surface area (TPSA) is 78.7 Å². The van der Waals surface area contributed by atoms with Crippen LogP contribution in [0.15, 0.2) is 41.3 Å². The lowest BCUT2D eigenvalue weighted by atomic mass is 10.2. The summed E-state index contributed by atoms with van der Waals surface area (Å²) in [6.45, 7) is 2.01. The fourth-order valence-corrected chi connectivity index (χ4v) is 2.95. The minimum atomic E-state index is -0.130. The zero-order chi connectivity index (χ0) is 17.2. The number of anilines is 1. The Labute approximate surface area is 145 Å². The Bertz CT molecular complexity index is 762. The minimum Gasteiger partial charge on any atom is -0.459 e. The van der Waals surface area contributed by atoms with Gasteiger partial charge in [0.1, 0.15) is 0 Å². The number of pyridine rings is 1. The van der Waals surface area contributed by atoms with Gasteiger partial charge >= 0.3 is 0 Å². The van der Waals surface area contributed by atoms with Crippen LogP contribution in [-0.2, 0) is 0 Å². The first-order valence-corrected chi connectivity index (χ1v) is 8.54. The van der Waals surface area contributed by atoms with Crippen LogP contribution in [-0.4, -0.2) is 58.8 Å². The molecule has 3 heterocycles. The first-order chi connectivity index (χ1) is 12.2. The van der Waals surface area contributed by atoms with Crippen LogP contribution in [0.1, 0.15) is 33.8 Å². The highest BCUT2D eigenvalue weighted by molar-refractivity contribution is 5.95. The maximum absolute atomic E-state index is 12.7. The van der Waals surface area contributed by atoms with E-state index < -0.39 is 0 Å². The SMILES string of the molecule is O=C(c1cncc(NC2CC2)c1)N1CCN(C(=O)c2ccco2)CC1. The summed E-state index contributed by atoms with van der Waals surface area (Å²) in [6.07, 6.45) is 7.17. The van der Waals surface area contributed by atoms with Crippen molar-refractivity contribution < 1.29 is 14.0 Å². The first kappa shape index (κ1) is 15.7. The van der Waals surface area contributed by atoms with Crippen molar-refractivity contribution in [2.24, 2.45) is 0 Å². The zero-order valence-electron chi connectivity index (χ0n) is 13.9. The lowest BCUT2D eigenvalue weighted by molar-refractivity contribution is 0.0518. The molecule has 1 saturated carbocycles. The number of amides is 2. The van der Waals surface area contributed by atoms with E-state index in [1.54, 1.807) is 34.3 Å². The predicted octanol–water partition coefficient (Wildman–Crippen LogP) is 1.85. The van der Waals surface area contributed by atoms with Crippen molar-refractivity contribution in [3.8, 4) is 0 Å². The molecule has 0 bridgehead atoms. The van der Waals surface area contributed by atoms with Crippen LogP contribution in [0.25, 0.3) is 0 Å². The summed E-state index contributed by atoms with van der Waals surface area (Å²) in [5.74, 6) is 0.161. The summed E-state index contributed by atoms with van der Waals surface area (Å²) < 4.78 is 5.16. The molecule has 25 heavy (non-hydrogen) atoms. The Balaban J connectivity index is 1.37. The molecule has 0 spiro atoms. The number of aromatic nitrogens is 1. The largest absolute Gasteiger partial charge is 0.459 e. The molecule has 2 aromatic rings. The number of hydrogen-bond donors (Lipinski definition) is 1. The van der Waals surface area contributed by atoms with Crippen LogP contribution >= 0.6 is 0 Å². The Morgan fingerprint density at radius 2 is 1.80 bits per heavy atom. The standard InChI is InChI=1S/C18H20N4O3/c23-17(13-10-15(12-19-11-13)20-14-3-4-14)21-5-7-22(8-6-21)18(24)16-2-1-9-25-16/h1-2,9-12,14,20H,3-8H2. The molecule has 0 atom stereocenters. The molecule has 1 saturated heterocycles. The fraction of sp³-hybridized carbons (Fsp3) is 0.389. The molecule has 2 aromatic heterocycles. The van der Waals surface area contributed by atoms with E-state index in [4.69, 9.17) is 4.42 Å². The van der Waals surface area contributed by atoms with Crippen LogP contribution in [0.3, 0.4) is 0 Å². The smallest absolute Gasteiger partial charge is 0.289 e. The van der Waals surface area contributed by atoms with Gasteiger partial charge in [-0.2, -0.15) is 0 Å². The van der Waals surface area contributed by atoms with Crippen molar-refractivity contribution in [1.29, 1.82) is 0 Å². The highest BCUT2D eigenvalue weighted by atomic mass is 16.3. The number of piperazine rings is 1. The van der Waals surface area contributed by atoms with E-state index in [2.05, 4.69) is 10.3 Å². The number of carbonyl (C=O) groups excluding carboxylic acids is 2. The summed E-state index contributed by atoms with van der Waals surface area (Å²) in [6, 6.07) is 5.73. The average Bonchev–Trinajstić information content (AvgIpc) is 3.29. The molecular formula is C18H20N4O3. The molecule has 7 nitrogen and oxygen atoms in total. The van der Waals surface area contributed by atoms with Crippen LogP contribution in [0, 0.1) is 0 Å². The minimum absolute atomic E-state index is 0.0444. The van der Waals surface area contributed by atoms with Crippen LogP contribution in [0.4, 0.5) is 5.69 Å². The van der Waals surface area contributed by atoms with Crippen molar-refractivity contribution in [2.45, 2.75) is 18.9 Å². The average molecular weight is 340 g/mol. The lowest BCUT2D eigenvalue weighted by Crippen LogP contribution is -2.50. The molecule has 0 unspecified atom stereocenters. The zero-order valence-corrected chi connectivity index (χ0v) is 13.9. The van der Waals surface area contributed by atoms with Crippen LogP contribution in [0.2, 0.25) is 0 Å². The lowest BCUT2D eigenvalue weighted by Gasteiger charge is -2.34. The Kier molecular flexibility index (Phi) is 4.13. The van der Waals surface area contributed by atoms with E-state index in [-0.39, 0.29) is 11.8 Å². The molecule has 2 fully saturated rings. The van der Waals surface area contributed by atoms with Gasteiger partial charge in [0.05, 0.1) is 17.5 Å². The van der Waals surface area contributed by atoms with Gasteiger partial charge in [0.2, 0.25) is 0 Å². The van der Waals surface area contributed by atoms with Gasteiger partial charge in [-0.15, -0.1) is 0 Å². The van der Waals surface area contributed by atoms with Crippen LogP contribution in [0.5, 0.6) is 0 Å². The molecule has 1 N–H and O–H groups in total. The second-order valence-corrected chi connectivity index (χ2v) is 6.44. The molecule has 7 heteroatoms. The third kappa shape index (κ3) is 3.50. The number of carbonyl (C=O) groups is 2. The molecule has 0 aromatic carbocycles. The Morgan fingerprint density at radius 3 is 2.44 bits per heavy atom. The van der Waals surface area contributed by atoms with Crippen molar-refractivity contribution in [3.05, 3.63) is 48.2 Å². The molecule has 130 valence electrons. The van der Waals surface area contributed by atoms with Crippen molar-refractivity contribution >= 4 is 17.5 Å². The second kappa shape index (κ2) is 6.58. The third-order valence-corrected chi connectivity index (χ3v) is 4.52. The van der Waals surface area contributed by atoms with Crippen molar-refractivity contribution in [3.63, 3.8) is 0 Å². The van der Waals surface area contributed by atoms with E-state index >= 15 is 0 Å². The fourth-order valence-electron chi connectivity index (χ4n) is 2.95. The van der Waals surface area contributed by atoms with Crippen molar-refractivity contribution in [2.75, 3.05) is 31.5 Å². The third-order valence-electron chi connectivity index (χ3n) is 4.52. The summed E-state index contributed by atoms with van der Waals surface area (Å²) >= 11 is 0. The molecular weight excluding hydrogens is 320 g/mol. The highest BCUT2D eigenvalue weighted by Gasteiger charge is 2.27. The van der Waals surface area contributed by atoms with E-state index in [0.717, 1.165) is 5.69 Å². The van der Waals surface area contributed by atoms with Gasteiger partial charge in [-0.05, 0) is 31.0 Å². The molecule has 1 aliphatic heterocycles. The van der Waals surface area contributed by atoms with E-state index in [9.17, 15) is 9.59 Å². The number of hydrogen-bond acceptors (Lipinski definition) is 5. The predicted molar refractivity (Wildman–Crippen MR) is 91.4 cm³/mol. The number of furan rings is 1. The van der Waals surface area contributed by atoms with Gasteiger partial charge in [0.25, 0.3) is 11.8 Å². The van der Waals surface area contributed by atoms with Gasteiger partial charge in [0.15, 0.2) is 5.76 Å². The first-order valence-electron chi connectivity index (χ1n) is 8.54. The molecule has 4 rings (SSSR count). The summed E-state index contributed by atoms with van der Waals surface area (Å²) in [5.41, 5.74) is 1.47. The summed E-state index contributed by atoms with van der Waals surface area (Å²) in [4.78, 5) is 32.6. The van der Waals surface area contributed by atoms with Gasteiger partial charge < -0.3 is 19.5 Å². The monoisotopic (exact) mass is 340 g/mol. The van der Waals surface area contributed by atoms with Crippen molar-refractivity contribution in [1.82, 2.24) is 14.8 Å². The van der Waals surface area contributed by atoms with Gasteiger partial charge in [-0.3, -0.25) is 14.6 Å². The maximum Gasteiger partial charge on any atom is 0.289 e. The second-order valence-electron chi connectivity index (χ2n) is 6.44. The molecule has 0 radical (unpaired) electrons. The van der Waals surface area contributed by atoms with E-state index in [0.29, 0.717) is 43.5 Å². The number of rotatable bonds is 4. The number of nitrogens with zero attached hydrogens (tertiary/aromatic N) is 3.